The second-order valence-corrected chi connectivity index (χ2v) is 7.47. The van der Waals surface area contributed by atoms with Gasteiger partial charge in [0.15, 0.2) is 0 Å². The molecule has 17 heavy (non-hydrogen) atoms. The Balaban J connectivity index is 2.13. The summed E-state index contributed by atoms with van der Waals surface area (Å²) < 4.78 is 0. The van der Waals surface area contributed by atoms with Gasteiger partial charge in [-0.1, -0.05) is 27.7 Å². The van der Waals surface area contributed by atoms with Crippen LogP contribution in [0.4, 0.5) is 0 Å². The van der Waals surface area contributed by atoms with Crippen molar-refractivity contribution in [2.24, 2.45) is 10.8 Å². The Morgan fingerprint density at radius 1 is 1.18 bits per heavy atom. The molecule has 1 heterocycles. The highest BCUT2D eigenvalue weighted by molar-refractivity contribution is 5.79. The molecule has 1 amide bonds. The quantitative estimate of drug-likeness (QED) is 0.762. The standard InChI is InChI=1S/C14H25NO2/c1-13(2)6-10(7-14(3,4)9-13)15-8-11(16)5-12(15)17/h10-11,16H,5-9H2,1-4H3. The fraction of sp³-hybridized carbons (Fsp3) is 0.929. The van der Waals surface area contributed by atoms with Crippen LogP contribution in [0.25, 0.3) is 0 Å². The minimum Gasteiger partial charge on any atom is -0.391 e. The number of carbonyl (C=O) groups is 1. The molecule has 2 fully saturated rings. The lowest BCUT2D eigenvalue weighted by molar-refractivity contribution is -0.132. The number of hydrogen-bond acceptors (Lipinski definition) is 2. The zero-order valence-corrected chi connectivity index (χ0v) is 11.5. The van der Waals surface area contributed by atoms with E-state index in [9.17, 15) is 9.90 Å². The molecule has 1 saturated heterocycles. The van der Waals surface area contributed by atoms with Crippen molar-refractivity contribution in [3.8, 4) is 0 Å². The van der Waals surface area contributed by atoms with E-state index in [-0.39, 0.29) is 5.91 Å². The number of amides is 1. The molecule has 0 spiro atoms. The van der Waals surface area contributed by atoms with Gasteiger partial charge in [0, 0.05) is 12.6 Å². The molecule has 0 bridgehead atoms. The lowest BCUT2D eigenvalue weighted by Gasteiger charge is -2.47. The van der Waals surface area contributed by atoms with Crippen LogP contribution in [0.1, 0.15) is 53.4 Å². The SMILES string of the molecule is CC1(C)CC(N2CC(O)CC2=O)CC(C)(C)C1. The fourth-order valence-corrected chi connectivity index (χ4v) is 4.07. The molecular formula is C14H25NO2. The van der Waals surface area contributed by atoms with E-state index >= 15 is 0 Å². The van der Waals surface area contributed by atoms with E-state index in [1.54, 1.807) is 0 Å². The van der Waals surface area contributed by atoms with Crippen molar-refractivity contribution in [1.82, 2.24) is 4.90 Å². The Bertz CT molecular complexity index is 306. The maximum absolute atomic E-state index is 11.9. The van der Waals surface area contributed by atoms with Crippen molar-refractivity contribution < 1.29 is 9.90 Å². The van der Waals surface area contributed by atoms with E-state index in [1.807, 2.05) is 4.90 Å². The topological polar surface area (TPSA) is 40.5 Å². The summed E-state index contributed by atoms with van der Waals surface area (Å²) in [4.78, 5) is 13.8. The number of likely N-dealkylation sites (tertiary alicyclic amines) is 1. The first-order valence-electron chi connectivity index (χ1n) is 6.66. The van der Waals surface area contributed by atoms with Gasteiger partial charge in [0.1, 0.15) is 0 Å². The van der Waals surface area contributed by atoms with Crippen LogP contribution < -0.4 is 0 Å². The second-order valence-electron chi connectivity index (χ2n) is 7.47. The van der Waals surface area contributed by atoms with Crippen LogP contribution in [0.2, 0.25) is 0 Å². The van der Waals surface area contributed by atoms with Crippen molar-refractivity contribution in [2.75, 3.05) is 6.54 Å². The third-order valence-electron chi connectivity index (χ3n) is 4.11. The third-order valence-corrected chi connectivity index (χ3v) is 4.11. The first-order valence-corrected chi connectivity index (χ1v) is 6.66. The smallest absolute Gasteiger partial charge is 0.225 e. The summed E-state index contributed by atoms with van der Waals surface area (Å²) in [5.74, 6) is 0.135. The average molecular weight is 239 g/mol. The van der Waals surface area contributed by atoms with Gasteiger partial charge in [-0.15, -0.1) is 0 Å². The number of aliphatic hydroxyl groups excluding tert-OH is 1. The van der Waals surface area contributed by atoms with Crippen LogP contribution in [0.3, 0.4) is 0 Å². The van der Waals surface area contributed by atoms with Crippen LogP contribution in [0.5, 0.6) is 0 Å². The molecule has 0 aromatic carbocycles. The normalized spacial score (nSPS) is 33.1. The van der Waals surface area contributed by atoms with Gasteiger partial charge in [0.2, 0.25) is 5.91 Å². The summed E-state index contributed by atoms with van der Waals surface area (Å²) in [7, 11) is 0. The van der Waals surface area contributed by atoms with Gasteiger partial charge in [-0.05, 0) is 30.1 Å². The Kier molecular flexibility index (Phi) is 3.01. The Hall–Kier alpha value is -0.570. The molecule has 1 N–H and O–H groups in total. The molecule has 1 unspecified atom stereocenters. The van der Waals surface area contributed by atoms with Crippen molar-refractivity contribution in [3.05, 3.63) is 0 Å². The van der Waals surface area contributed by atoms with Crippen LogP contribution in [0, 0.1) is 10.8 Å². The minimum atomic E-state index is -0.448. The maximum Gasteiger partial charge on any atom is 0.225 e. The lowest BCUT2D eigenvalue weighted by Crippen LogP contribution is -2.47. The number of carbonyl (C=O) groups excluding carboxylic acids is 1. The molecule has 1 aliphatic carbocycles. The van der Waals surface area contributed by atoms with Crippen molar-refractivity contribution in [3.63, 3.8) is 0 Å². The Labute approximate surface area is 104 Å². The van der Waals surface area contributed by atoms with Gasteiger partial charge in [-0.2, -0.15) is 0 Å². The monoisotopic (exact) mass is 239 g/mol. The first-order chi connectivity index (χ1) is 7.69. The average Bonchev–Trinajstić information content (AvgIpc) is 2.39. The van der Waals surface area contributed by atoms with E-state index in [0.717, 1.165) is 12.8 Å². The minimum absolute atomic E-state index is 0.135. The highest BCUT2D eigenvalue weighted by Gasteiger charge is 2.43. The highest BCUT2D eigenvalue weighted by Crippen LogP contribution is 2.47. The number of β-amino-alcohol motifs (C(OH)–C–C–N with tert-alkyl or cyclic N) is 1. The van der Waals surface area contributed by atoms with Crippen LogP contribution in [0.15, 0.2) is 0 Å². The zero-order valence-electron chi connectivity index (χ0n) is 11.5. The number of aliphatic hydroxyl groups is 1. The molecule has 1 saturated carbocycles. The molecule has 3 heteroatoms. The second kappa shape index (κ2) is 3.98. The molecule has 0 aromatic rings. The fourth-order valence-electron chi connectivity index (χ4n) is 4.07. The van der Waals surface area contributed by atoms with Crippen molar-refractivity contribution >= 4 is 5.91 Å². The molecule has 98 valence electrons. The van der Waals surface area contributed by atoms with Gasteiger partial charge in [0.25, 0.3) is 0 Å². The van der Waals surface area contributed by atoms with E-state index in [0.29, 0.717) is 29.8 Å². The summed E-state index contributed by atoms with van der Waals surface area (Å²) in [6, 6.07) is 0.318. The van der Waals surface area contributed by atoms with Crippen molar-refractivity contribution in [2.45, 2.75) is 65.5 Å². The zero-order chi connectivity index (χ0) is 12.8. The molecule has 0 radical (unpaired) electrons. The molecule has 1 atom stereocenters. The van der Waals surface area contributed by atoms with Crippen LogP contribution in [-0.4, -0.2) is 34.6 Å². The summed E-state index contributed by atoms with van der Waals surface area (Å²) >= 11 is 0. The summed E-state index contributed by atoms with van der Waals surface area (Å²) in [6.45, 7) is 9.70. The van der Waals surface area contributed by atoms with Gasteiger partial charge in [0.05, 0.1) is 12.5 Å². The van der Waals surface area contributed by atoms with Gasteiger partial charge >= 0.3 is 0 Å². The lowest BCUT2D eigenvalue weighted by atomic mass is 9.63. The Morgan fingerprint density at radius 3 is 2.12 bits per heavy atom. The van der Waals surface area contributed by atoms with E-state index in [4.69, 9.17) is 0 Å². The summed E-state index contributed by atoms with van der Waals surface area (Å²) in [5.41, 5.74) is 0.584. The number of hydrogen-bond donors (Lipinski definition) is 1. The molecule has 2 rings (SSSR count). The van der Waals surface area contributed by atoms with E-state index in [1.165, 1.54) is 6.42 Å². The number of nitrogens with zero attached hydrogens (tertiary/aromatic N) is 1. The first kappa shape index (κ1) is 12.9. The van der Waals surface area contributed by atoms with Crippen LogP contribution in [-0.2, 0) is 4.79 Å². The third kappa shape index (κ3) is 2.82. The predicted molar refractivity (Wildman–Crippen MR) is 67.5 cm³/mol. The molecule has 0 aromatic heterocycles. The summed E-state index contributed by atoms with van der Waals surface area (Å²) in [5, 5.41) is 9.60. The van der Waals surface area contributed by atoms with Gasteiger partial charge in [-0.3, -0.25) is 4.79 Å². The molecule has 1 aliphatic heterocycles. The largest absolute Gasteiger partial charge is 0.391 e. The van der Waals surface area contributed by atoms with Gasteiger partial charge in [-0.25, -0.2) is 0 Å². The highest BCUT2D eigenvalue weighted by atomic mass is 16.3. The van der Waals surface area contributed by atoms with E-state index in [2.05, 4.69) is 27.7 Å². The predicted octanol–water partition coefficient (Wildman–Crippen LogP) is 2.18. The summed E-state index contributed by atoms with van der Waals surface area (Å²) in [6.07, 6.45) is 3.21. The van der Waals surface area contributed by atoms with E-state index < -0.39 is 6.10 Å². The van der Waals surface area contributed by atoms with Crippen LogP contribution >= 0.6 is 0 Å². The molecule has 2 aliphatic rings. The molecular weight excluding hydrogens is 214 g/mol. The molecule has 3 nitrogen and oxygen atoms in total. The Morgan fingerprint density at radius 2 is 1.71 bits per heavy atom. The number of rotatable bonds is 1. The van der Waals surface area contributed by atoms with Gasteiger partial charge < -0.3 is 10.0 Å². The maximum atomic E-state index is 11.9. The van der Waals surface area contributed by atoms with Crippen molar-refractivity contribution in [1.29, 1.82) is 0 Å².